The number of imide groups is 1. The van der Waals surface area contributed by atoms with Gasteiger partial charge >= 0.3 is 6.03 Å². The van der Waals surface area contributed by atoms with Gasteiger partial charge in [-0.2, -0.15) is 0 Å². The zero-order chi connectivity index (χ0) is 19.5. The molecule has 4 amide bonds. The summed E-state index contributed by atoms with van der Waals surface area (Å²) in [6.07, 6.45) is 2.81. The van der Waals surface area contributed by atoms with Gasteiger partial charge in [0.2, 0.25) is 5.91 Å². The molecule has 0 radical (unpaired) electrons. The predicted molar refractivity (Wildman–Crippen MR) is 97.7 cm³/mol. The van der Waals surface area contributed by atoms with E-state index in [1.165, 1.54) is 4.90 Å². The molecule has 0 bridgehead atoms. The van der Waals surface area contributed by atoms with E-state index in [1.54, 1.807) is 54.1 Å². The van der Waals surface area contributed by atoms with Gasteiger partial charge in [-0.1, -0.05) is 24.3 Å². The minimum absolute atomic E-state index is 0.151. The Bertz CT molecular complexity index is 753. The summed E-state index contributed by atoms with van der Waals surface area (Å²) in [4.78, 5) is 41.5. The van der Waals surface area contributed by atoms with E-state index < -0.39 is 17.8 Å². The summed E-state index contributed by atoms with van der Waals surface area (Å²) in [5, 5.41) is 10.9. The van der Waals surface area contributed by atoms with Gasteiger partial charge in [0.1, 0.15) is 0 Å². The van der Waals surface area contributed by atoms with Crippen LogP contribution >= 0.6 is 0 Å². The van der Waals surface area contributed by atoms with Crippen LogP contribution in [0.3, 0.4) is 0 Å². The summed E-state index contributed by atoms with van der Waals surface area (Å²) in [6.45, 7) is 0.574. The second-order valence-electron chi connectivity index (χ2n) is 5.86. The first kappa shape index (κ1) is 20.1. The largest absolute Gasteiger partial charge is 0.324 e. The number of hydroxylamine groups is 1. The van der Waals surface area contributed by atoms with Crippen LogP contribution in [0.4, 0.5) is 4.79 Å². The summed E-state index contributed by atoms with van der Waals surface area (Å²) in [6, 6.07) is 13.3. The molecule has 0 aliphatic heterocycles. The Kier molecular flexibility index (Phi) is 7.92. The molecule has 27 heavy (non-hydrogen) atoms. The van der Waals surface area contributed by atoms with Crippen molar-refractivity contribution in [1.29, 1.82) is 0 Å². The van der Waals surface area contributed by atoms with Crippen molar-refractivity contribution >= 4 is 17.8 Å². The molecule has 0 fully saturated rings. The summed E-state index contributed by atoms with van der Waals surface area (Å²) in [5.41, 5.74) is 2.65. The van der Waals surface area contributed by atoms with Crippen molar-refractivity contribution in [1.82, 2.24) is 20.7 Å². The third-order valence-corrected chi connectivity index (χ3v) is 3.83. The average molecular weight is 370 g/mol. The monoisotopic (exact) mass is 370 g/mol. The molecule has 1 heterocycles. The first-order valence-electron chi connectivity index (χ1n) is 8.58. The highest BCUT2D eigenvalue weighted by atomic mass is 16.5. The van der Waals surface area contributed by atoms with Crippen LogP contribution in [0.5, 0.6) is 0 Å². The van der Waals surface area contributed by atoms with E-state index in [0.29, 0.717) is 30.6 Å². The Morgan fingerprint density at radius 2 is 1.74 bits per heavy atom. The molecule has 2 rings (SSSR count). The number of hydrogen-bond donors (Lipinski definition) is 3. The van der Waals surface area contributed by atoms with Gasteiger partial charge < -0.3 is 4.90 Å². The van der Waals surface area contributed by atoms with E-state index in [2.05, 4.69) is 10.3 Å². The maximum Gasteiger partial charge on any atom is 0.324 e. The third-order valence-electron chi connectivity index (χ3n) is 3.83. The summed E-state index contributed by atoms with van der Waals surface area (Å²) in [7, 11) is 0. The standard InChI is InChI=1S/C19H22N4O4/c24-17(22-27)11-5-7-13-23(14-16-10-4-6-12-20-16)19(26)21-18(25)15-8-2-1-3-9-15/h1-4,6,8-10,12,27H,5,7,11,13-14H2,(H,22,24)(H,21,25,26). The number of amides is 4. The summed E-state index contributed by atoms with van der Waals surface area (Å²) in [5.74, 6) is -0.957. The lowest BCUT2D eigenvalue weighted by Gasteiger charge is -2.22. The van der Waals surface area contributed by atoms with Crippen molar-refractivity contribution in [3.8, 4) is 0 Å². The van der Waals surface area contributed by atoms with E-state index >= 15 is 0 Å². The zero-order valence-electron chi connectivity index (χ0n) is 14.8. The number of hydrogen-bond acceptors (Lipinski definition) is 5. The van der Waals surface area contributed by atoms with Crippen molar-refractivity contribution in [2.45, 2.75) is 25.8 Å². The molecule has 3 N–H and O–H groups in total. The van der Waals surface area contributed by atoms with Gasteiger partial charge in [0.15, 0.2) is 0 Å². The topological polar surface area (TPSA) is 112 Å². The molecule has 0 spiro atoms. The van der Waals surface area contributed by atoms with Crippen LogP contribution in [0.1, 0.15) is 35.3 Å². The molecule has 0 aliphatic carbocycles. The molecule has 0 aliphatic rings. The first-order chi connectivity index (χ1) is 13.1. The first-order valence-corrected chi connectivity index (χ1v) is 8.58. The van der Waals surface area contributed by atoms with Gasteiger partial charge in [-0.25, -0.2) is 10.3 Å². The highest BCUT2D eigenvalue weighted by molar-refractivity contribution is 6.04. The molecule has 8 nitrogen and oxygen atoms in total. The van der Waals surface area contributed by atoms with Crippen LogP contribution in [0.15, 0.2) is 54.7 Å². The third kappa shape index (κ3) is 6.87. The van der Waals surface area contributed by atoms with Gasteiger partial charge in [0.05, 0.1) is 12.2 Å². The Hall–Kier alpha value is -3.26. The quantitative estimate of drug-likeness (QED) is 0.374. The fraction of sp³-hybridized carbons (Fsp3) is 0.263. The number of carbonyl (C=O) groups excluding carboxylic acids is 3. The zero-order valence-corrected chi connectivity index (χ0v) is 14.8. The van der Waals surface area contributed by atoms with E-state index in [0.717, 1.165) is 0 Å². The molecule has 8 heteroatoms. The molecule has 142 valence electrons. The van der Waals surface area contributed by atoms with E-state index in [-0.39, 0.29) is 13.0 Å². The molecule has 2 aromatic rings. The fourth-order valence-corrected chi connectivity index (χ4v) is 2.42. The van der Waals surface area contributed by atoms with Crippen LogP contribution in [-0.2, 0) is 11.3 Å². The molecule has 0 saturated heterocycles. The van der Waals surface area contributed by atoms with Crippen LogP contribution in [0, 0.1) is 0 Å². The smallest absolute Gasteiger partial charge is 0.319 e. The maximum absolute atomic E-state index is 12.6. The minimum Gasteiger partial charge on any atom is -0.319 e. The van der Waals surface area contributed by atoms with Crippen molar-refractivity contribution < 1.29 is 19.6 Å². The van der Waals surface area contributed by atoms with Gasteiger partial charge in [0.25, 0.3) is 5.91 Å². The Balaban J connectivity index is 1.98. The van der Waals surface area contributed by atoms with Gasteiger partial charge in [-0.15, -0.1) is 0 Å². The average Bonchev–Trinajstić information content (AvgIpc) is 2.71. The molecule has 1 aromatic heterocycles. The summed E-state index contributed by atoms with van der Waals surface area (Å²) < 4.78 is 0. The number of benzene rings is 1. The highest BCUT2D eigenvalue weighted by Gasteiger charge is 2.18. The lowest BCUT2D eigenvalue weighted by molar-refractivity contribution is -0.129. The van der Waals surface area contributed by atoms with Crippen molar-refractivity contribution in [2.75, 3.05) is 6.54 Å². The fourth-order valence-electron chi connectivity index (χ4n) is 2.42. The highest BCUT2D eigenvalue weighted by Crippen LogP contribution is 2.06. The van der Waals surface area contributed by atoms with Crippen molar-refractivity contribution in [2.24, 2.45) is 0 Å². The van der Waals surface area contributed by atoms with Crippen LogP contribution < -0.4 is 10.8 Å². The molecule has 1 aromatic carbocycles. The van der Waals surface area contributed by atoms with Crippen molar-refractivity contribution in [3.05, 3.63) is 66.0 Å². The lowest BCUT2D eigenvalue weighted by atomic mass is 10.2. The number of carbonyl (C=O) groups is 3. The number of rotatable bonds is 8. The van der Waals surface area contributed by atoms with Crippen LogP contribution in [-0.4, -0.2) is 39.5 Å². The molecular weight excluding hydrogens is 348 g/mol. The van der Waals surface area contributed by atoms with Crippen molar-refractivity contribution in [3.63, 3.8) is 0 Å². The predicted octanol–water partition coefficient (Wildman–Crippen LogP) is 2.11. The Morgan fingerprint density at radius 1 is 1.00 bits per heavy atom. The van der Waals surface area contributed by atoms with E-state index in [9.17, 15) is 14.4 Å². The normalized spacial score (nSPS) is 10.1. The Labute approximate surface area is 157 Å². The molecular formula is C19H22N4O4. The Morgan fingerprint density at radius 3 is 2.41 bits per heavy atom. The molecule has 0 saturated carbocycles. The number of nitrogens with one attached hydrogen (secondary N) is 2. The van der Waals surface area contributed by atoms with Gasteiger partial charge in [-0.3, -0.25) is 25.1 Å². The van der Waals surface area contributed by atoms with Gasteiger partial charge in [-0.05, 0) is 37.1 Å². The summed E-state index contributed by atoms with van der Waals surface area (Å²) >= 11 is 0. The van der Waals surface area contributed by atoms with E-state index in [4.69, 9.17) is 5.21 Å². The number of pyridine rings is 1. The molecule has 0 unspecified atom stereocenters. The van der Waals surface area contributed by atoms with Crippen LogP contribution in [0.2, 0.25) is 0 Å². The lowest BCUT2D eigenvalue weighted by Crippen LogP contribution is -2.43. The van der Waals surface area contributed by atoms with Gasteiger partial charge in [0, 0.05) is 24.7 Å². The second-order valence-corrected chi connectivity index (χ2v) is 5.86. The number of nitrogens with zero attached hydrogens (tertiary/aromatic N) is 2. The molecule has 0 atom stereocenters. The number of urea groups is 1. The maximum atomic E-state index is 12.6. The van der Waals surface area contributed by atoms with Crippen LogP contribution in [0.25, 0.3) is 0 Å². The number of unbranched alkanes of at least 4 members (excludes halogenated alkanes) is 1. The second kappa shape index (κ2) is 10.7. The minimum atomic E-state index is -0.527. The van der Waals surface area contributed by atoms with E-state index in [1.807, 2.05) is 6.07 Å². The number of aromatic nitrogens is 1. The SMILES string of the molecule is O=C(CCCCN(Cc1ccccn1)C(=O)NC(=O)c1ccccc1)NO.